The molecule has 1 N–H and O–H groups in total. The molecule has 144 valence electrons. The summed E-state index contributed by atoms with van der Waals surface area (Å²) in [5, 5.41) is 3.25. The van der Waals surface area contributed by atoms with E-state index in [-0.39, 0.29) is 12.5 Å². The smallest absolute Gasteiger partial charge is 0.260 e. The van der Waals surface area contributed by atoms with Crippen molar-refractivity contribution >= 4 is 5.91 Å². The molecule has 0 aliphatic carbocycles. The minimum absolute atomic E-state index is 0.0170. The van der Waals surface area contributed by atoms with Gasteiger partial charge in [0.15, 0.2) is 6.61 Å². The number of ether oxygens (including phenoxy) is 1. The highest BCUT2D eigenvalue weighted by Crippen LogP contribution is 2.18. The second-order valence-electron chi connectivity index (χ2n) is 6.69. The third-order valence-electron chi connectivity index (χ3n) is 4.61. The quantitative estimate of drug-likeness (QED) is 0.721. The third-order valence-corrected chi connectivity index (χ3v) is 4.61. The van der Waals surface area contributed by atoms with Gasteiger partial charge in [-0.15, -0.1) is 0 Å². The number of nitrogens with zero attached hydrogens (tertiary/aromatic N) is 1. The molecule has 0 spiro atoms. The van der Waals surface area contributed by atoms with Gasteiger partial charge >= 0.3 is 0 Å². The predicted molar refractivity (Wildman–Crippen MR) is 99.5 cm³/mol. The zero-order valence-corrected chi connectivity index (χ0v) is 15.2. The highest BCUT2D eigenvalue weighted by Gasteiger charge is 2.18. The van der Waals surface area contributed by atoms with Crippen LogP contribution in [0.4, 0.5) is 8.78 Å². The zero-order valence-electron chi connectivity index (χ0n) is 15.2. The van der Waals surface area contributed by atoms with Gasteiger partial charge < -0.3 is 15.0 Å². The molecule has 1 fully saturated rings. The minimum Gasteiger partial charge on any atom is -0.483 e. The van der Waals surface area contributed by atoms with Crippen LogP contribution in [-0.2, 0) is 17.8 Å². The third kappa shape index (κ3) is 5.76. The van der Waals surface area contributed by atoms with Crippen molar-refractivity contribution in [1.82, 2.24) is 10.2 Å². The Morgan fingerprint density at radius 2 is 1.78 bits per heavy atom. The number of carbonyl (C=O) groups is 1. The number of rotatable bonds is 8. The van der Waals surface area contributed by atoms with Gasteiger partial charge in [0, 0.05) is 31.3 Å². The van der Waals surface area contributed by atoms with Gasteiger partial charge in [-0.1, -0.05) is 18.2 Å². The van der Waals surface area contributed by atoms with Crippen molar-refractivity contribution in [3.05, 3.63) is 65.2 Å². The first kappa shape index (κ1) is 19.3. The van der Waals surface area contributed by atoms with Gasteiger partial charge in [-0.2, -0.15) is 0 Å². The number of hydrogen-bond acceptors (Lipinski definition) is 3. The van der Waals surface area contributed by atoms with Crippen molar-refractivity contribution < 1.29 is 18.3 Å². The molecule has 1 heterocycles. The first-order valence-electron chi connectivity index (χ1n) is 9.26. The number of amides is 1. The van der Waals surface area contributed by atoms with Crippen LogP contribution in [0.3, 0.4) is 0 Å². The summed E-state index contributed by atoms with van der Waals surface area (Å²) < 4.78 is 32.1. The molecule has 2 aromatic carbocycles. The average molecular weight is 374 g/mol. The first-order valence-corrected chi connectivity index (χ1v) is 9.26. The molecule has 1 amide bonds. The maximum Gasteiger partial charge on any atom is 0.260 e. The lowest BCUT2D eigenvalue weighted by atomic mass is 10.1. The average Bonchev–Trinajstić information content (AvgIpc) is 3.18. The van der Waals surface area contributed by atoms with Crippen LogP contribution in [0, 0.1) is 11.6 Å². The largest absolute Gasteiger partial charge is 0.483 e. The van der Waals surface area contributed by atoms with Gasteiger partial charge in [0.05, 0.1) is 0 Å². The number of nitrogens with one attached hydrogen (secondary N) is 1. The molecule has 0 unspecified atom stereocenters. The molecule has 4 nitrogen and oxygen atoms in total. The molecule has 0 saturated carbocycles. The molecular weight excluding hydrogens is 350 g/mol. The van der Waals surface area contributed by atoms with Gasteiger partial charge in [-0.25, -0.2) is 8.78 Å². The molecule has 0 bridgehead atoms. The lowest BCUT2D eigenvalue weighted by Gasteiger charge is -2.17. The fraction of sp³-hybridized carbons (Fsp3) is 0.381. The highest BCUT2D eigenvalue weighted by atomic mass is 19.1. The van der Waals surface area contributed by atoms with Crippen molar-refractivity contribution in [2.24, 2.45) is 0 Å². The summed E-state index contributed by atoms with van der Waals surface area (Å²) in [5.41, 5.74) is 1.55. The monoisotopic (exact) mass is 374 g/mol. The molecule has 0 aromatic heterocycles. The molecule has 27 heavy (non-hydrogen) atoms. The van der Waals surface area contributed by atoms with E-state index >= 15 is 0 Å². The van der Waals surface area contributed by atoms with Crippen molar-refractivity contribution in [3.63, 3.8) is 0 Å². The standard InChI is InChI=1S/C21H24F2N2O2/c22-18-11-16(12-19(23)13-18)7-8-24-14-17-5-1-2-6-20(17)27-15-21(26)25-9-3-4-10-25/h1-2,5-6,11-13,24H,3-4,7-10,14-15H2. The molecule has 0 radical (unpaired) electrons. The number of hydrogen-bond donors (Lipinski definition) is 1. The molecule has 1 aliphatic rings. The van der Waals surface area contributed by atoms with Crippen molar-refractivity contribution in [1.29, 1.82) is 0 Å². The lowest BCUT2D eigenvalue weighted by molar-refractivity contribution is -0.132. The number of para-hydroxylation sites is 1. The van der Waals surface area contributed by atoms with Gasteiger partial charge in [0.2, 0.25) is 0 Å². The predicted octanol–water partition coefficient (Wildman–Crippen LogP) is 3.30. The van der Waals surface area contributed by atoms with E-state index in [0.29, 0.717) is 30.8 Å². The highest BCUT2D eigenvalue weighted by molar-refractivity contribution is 5.78. The van der Waals surface area contributed by atoms with E-state index in [1.807, 2.05) is 29.2 Å². The van der Waals surface area contributed by atoms with E-state index in [0.717, 1.165) is 37.6 Å². The van der Waals surface area contributed by atoms with Crippen LogP contribution >= 0.6 is 0 Å². The second-order valence-corrected chi connectivity index (χ2v) is 6.69. The topological polar surface area (TPSA) is 41.6 Å². The van der Waals surface area contributed by atoms with Crippen LogP contribution in [0.2, 0.25) is 0 Å². The summed E-state index contributed by atoms with van der Waals surface area (Å²) in [5.74, 6) is -0.435. The molecule has 2 aromatic rings. The lowest BCUT2D eigenvalue weighted by Crippen LogP contribution is -2.32. The molecule has 1 saturated heterocycles. The van der Waals surface area contributed by atoms with Gasteiger partial charge in [0.1, 0.15) is 17.4 Å². The van der Waals surface area contributed by atoms with Gasteiger partial charge in [-0.3, -0.25) is 4.79 Å². The Morgan fingerprint density at radius 3 is 2.52 bits per heavy atom. The molecule has 6 heteroatoms. The summed E-state index contributed by atoms with van der Waals surface area (Å²) >= 11 is 0. The zero-order chi connectivity index (χ0) is 19.1. The maximum absolute atomic E-state index is 13.2. The molecule has 3 rings (SSSR count). The summed E-state index contributed by atoms with van der Waals surface area (Å²) in [7, 11) is 0. The van der Waals surface area contributed by atoms with E-state index in [1.54, 1.807) is 0 Å². The van der Waals surface area contributed by atoms with Crippen LogP contribution < -0.4 is 10.1 Å². The van der Waals surface area contributed by atoms with E-state index < -0.39 is 11.6 Å². The first-order chi connectivity index (χ1) is 13.1. The normalized spacial score (nSPS) is 13.8. The molecular formula is C21H24F2N2O2. The van der Waals surface area contributed by atoms with Gasteiger partial charge in [-0.05, 0) is 49.6 Å². The van der Waals surface area contributed by atoms with Gasteiger partial charge in [0.25, 0.3) is 5.91 Å². The summed E-state index contributed by atoms with van der Waals surface area (Å²) in [6, 6.07) is 11.1. The minimum atomic E-state index is -0.564. The maximum atomic E-state index is 13.2. The number of likely N-dealkylation sites (tertiary alicyclic amines) is 1. The van der Waals surface area contributed by atoms with E-state index in [9.17, 15) is 13.6 Å². The Morgan fingerprint density at radius 1 is 1.07 bits per heavy atom. The van der Waals surface area contributed by atoms with Crippen molar-refractivity contribution in [3.8, 4) is 5.75 Å². The van der Waals surface area contributed by atoms with Crippen molar-refractivity contribution in [2.45, 2.75) is 25.8 Å². The van der Waals surface area contributed by atoms with Crippen molar-refractivity contribution in [2.75, 3.05) is 26.2 Å². The Kier molecular flexibility index (Phi) is 6.76. The number of halogens is 2. The summed E-state index contributed by atoms with van der Waals surface area (Å²) in [4.78, 5) is 14.0. The SMILES string of the molecule is O=C(COc1ccccc1CNCCc1cc(F)cc(F)c1)N1CCCC1. The Balaban J connectivity index is 1.47. The van der Waals surface area contributed by atoms with E-state index in [1.165, 1.54) is 12.1 Å². The Hall–Kier alpha value is -2.47. The molecule has 1 aliphatic heterocycles. The van der Waals surface area contributed by atoms with Crippen LogP contribution in [0.1, 0.15) is 24.0 Å². The summed E-state index contributed by atoms with van der Waals surface area (Å²) in [6.45, 7) is 2.79. The Bertz CT molecular complexity index is 756. The summed E-state index contributed by atoms with van der Waals surface area (Å²) in [6.07, 6.45) is 2.63. The number of carbonyl (C=O) groups excluding carboxylic acids is 1. The van der Waals surface area contributed by atoms with E-state index in [2.05, 4.69) is 5.32 Å². The number of benzene rings is 2. The van der Waals surface area contributed by atoms with Crippen LogP contribution in [-0.4, -0.2) is 37.0 Å². The van der Waals surface area contributed by atoms with Crippen LogP contribution in [0.25, 0.3) is 0 Å². The Labute approximate surface area is 158 Å². The van der Waals surface area contributed by atoms with E-state index in [4.69, 9.17) is 4.74 Å². The van der Waals surface area contributed by atoms with Crippen LogP contribution in [0.5, 0.6) is 5.75 Å². The second kappa shape index (κ2) is 9.46. The fourth-order valence-corrected chi connectivity index (χ4v) is 3.20. The van der Waals surface area contributed by atoms with Crippen LogP contribution in [0.15, 0.2) is 42.5 Å². The fourth-order valence-electron chi connectivity index (χ4n) is 3.20. The molecule has 0 atom stereocenters.